The van der Waals surface area contributed by atoms with E-state index in [1.807, 2.05) is 0 Å². The molecule has 0 amide bonds. The summed E-state index contributed by atoms with van der Waals surface area (Å²) in [6, 6.07) is 21.7. The maximum Gasteiger partial charge on any atom is 0.165 e. The van der Waals surface area contributed by atoms with Crippen molar-refractivity contribution in [2.45, 2.75) is 27.7 Å². The summed E-state index contributed by atoms with van der Waals surface area (Å²) in [6.45, 7) is 9.12. The summed E-state index contributed by atoms with van der Waals surface area (Å²) in [4.78, 5) is 0. The van der Waals surface area contributed by atoms with Crippen LogP contribution in [-0.4, -0.2) is 35.9 Å². The molecule has 0 fully saturated rings. The zero-order valence-electron chi connectivity index (χ0n) is 16.7. The van der Waals surface area contributed by atoms with E-state index in [0.717, 1.165) is 30.8 Å². The third kappa shape index (κ3) is 4.57. The van der Waals surface area contributed by atoms with Crippen LogP contribution in [0.4, 0.5) is 0 Å². The van der Waals surface area contributed by atoms with Gasteiger partial charge in [-0.3, -0.25) is 0 Å². The fourth-order valence-corrected chi connectivity index (χ4v) is 10.4. The van der Waals surface area contributed by atoms with Crippen molar-refractivity contribution in [3.8, 4) is 0 Å². The van der Waals surface area contributed by atoms with Crippen LogP contribution < -0.4 is 10.6 Å². The Morgan fingerprint density at radius 2 is 1.19 bits per heavy atom. The van der Waals surface area contributed by atoms with Gasteiger partial charge in [0.05, 0.1) is 49.8 Å². The van der Waals surface area contributed by atoms with Gasteiger partial charge < -0.3 is 5.11 Å². The van der Waals surface area contributed by atoms with Gasteiger partial charge in [0.25, 0.3) is 0 Å². The molecule has 2 aromatic carbocycles. The van der Waals surface area contributed by atoms with Gasteiger partial charge in [-0.1, -0.05) is 36.4 Å². The quantitative estimate of drug-likeness (QED) is 0.403. The SMILES string of the molecule is CC[P+](C=C(O)C[P+](CC)(CC)c1ccccc1)(CC)c1ccccc1. The van der Waals surface area contributed by atoms with Crippen LogP contribution in [0.25, 0.3) is 0 Å². The summed E-state index contributed by atoms with van der Waals surface area (Å²) in [5.41, 5.74) is 0. The maximum atomic E-state index is 11.1. The Hall–Kier alpha value is -1.16. The average molecular weight is 388 g/mol. The van der Waals surface area contributed by atoms with Gasteiger partial charge in [0.2, 0.25) is 0 Å². The number of allylic oxidation sites excluding steroid dienone is 1. The summed E-state index contributed by atoms with van der Waals surface area (Å²) in [7, 11) is -2.82. The van der Waals surface area contributed by atoms with Gasteiger partial charge in [-0.05, 0) is 52.0 Å². The highest BCUT2D eigenvalue weighted by Gasteiger charge is 2.40. The zero-order valence-corrected chi connectivity index (χ0v) is 18.5. The van der Waals surface area contributed by atoms with Gasteiger partial charge in [-0.25, -0.2) is 0 Å². The molecular weight excluding hydrogens is 354 g/mol. The van der Waals surface area contributed by atoms with Gasteiger partial charge >= 0.3 is 0 Å². The van der Waals surface area contributed by atoms with Gasteiger partial charge in [0.1, 0.15) is 12.0 Å². The Morgan fingerprint density at radius 1 is 0.731 bits per heavy atom. The van der Waals surface area contributed by atoms with E-state index in [4.69, 9.17) is 0 Å². The third-order valence-electron chi connectivity index (χ3n) is 5.77. The molecule has 0 spiro atoms. The number of benzene rings is 2. The number of aliphatic hydroxyl groups excluding tert-OH is 1. The molecule has 26 heavy (non-hydrogen) atoms. The lowest BCUT2D eigenvalue weighted by Gasteiger charge is -2.26. The summed E-state index contributed by atoms with van der Waals surface area (Å²) in [5, 5.41) is 13.9. The summed E-state index contributed by atoms with van der Waals surface area (Å²) < 4.78 is 0. The topological polar surface area (TPSA) is 20.2 Å². The fourth-order valence-electron chi connectivity index (χ4n) is 3.85. The van der Waals surface area contributed by atoms with Crippen molar-refractivity contribution in [2.24, 2.45) is 0 Å². The second-order valence-corrected chi connectivity index (χ2v) is 15.4. The lowest BCUT2D eigenvalue weighted by atomic mass is 10.4. The number of rotatable bonds is 9. The van der Waals surface area contributed by atoms with E-state index >= 15 is 0 Å². The van der Waals surface area contributed by atoms with Gasteiger partial charge in [-0.15, -0.1) is 0 Å². The van der Waals surface area contributed by atoms with Crippen LogP contribution in [0.15, 0.2) is 72.2 Å². The zero-order chi connectivity index (χ0) is 19.0. The van der Waals surface area contributed by atoms with E-state index in [0.29, 0.717) is 5.76 Å². The van der Waals surface area contributed by atoms with E-state index < -0.39 is 14.5 Å². The minimum absolute atomic E-state index is 0.617. The Morgan fingerprint density at radius 3 is 1.62 bits per heavy atom. The number of hydrogen-bond donors (Lipinski definition) is 1. The van der Waals surface area contributed by atoms with Crippen molar-refractivity contribution in [2.75, 3.05) is 30.8 Å². The summed E-state index contributed by atoms with van der Waals surface area (Å²) in [5.74, 6) is 2.89. The molecular formula is C23H34OP2+2. The highest BCUT2D eigenvalue weighted by Crippen LogP contribution is 2.62. The highest BCUT2D eigenvalue weighted by molar-refractivity contribution is 7.86. The van der Waals surface area contributed by atoms with Gasteiger partial charge in [0, 0.05) is 0 Å². The Balaban J connectivity index is 2.39. The first-order valence-electron chi connectivity index (χ1n) is 9.80. The fraction of sp³-hybridized carbons (Fsp3) is 0.391. The molecule has 0 saturated heterocycles. The van der Waals surface area contributed by atoms with Crippen LogP contribution in [0, 0.1) is 0 Å². The van der Waals surface area contributed by atoms with Crippen molar-refractivity contribution in [3.63, 3.8) is 0 Å². The van der Waals surface area contributed by atoms with E-state index in [2.05, 4.69) is 94.2 Å². The van der Waals surface area contributed by atoms with E-state index in [1.54, 1.807) is 0 Å². The van der Waals surface area contributed by atoms with Crippen molar-refractivity contribution in [3.05, 3.63) is 72.2 Å². The highest BCUT2D eigenvalue weighted by atomic mass is 31.2. The van der Waals surface area contributed by atoms with E-state index in [9.17, 15) is 5.11 Å². The molecule has 0 bridgehead atoms. The van der Waals surface area contributed by atoms with Gasteiger partial charge in [-0.2, -0.15) is 0 Å². The van der Waals surface area contributed by atoms with Crippen LogP contribution in [-0.2, 0) is 0 Å². The Labute approximate surface area is 161 Å². The van der Waals surface area contributed by atoms with Crippen LogP contribution >= 0.6 is 14.5 Å². The number of aliphatic hydroxyl groups is 1. The average Bonchev–Trinajstić information content (AvgIpc) is 2.71. The molecule has 2 rings (SSSR count). The van der Waals surface area contributed by atoms with E-state index in [1.165, 1.54) is 10.6 Å². The van der Waals surface area contributed by atoms with Crippen LogP contribution in [0.5, 0.6) is 0 Å². The second-order valence-electron chi connectivity index (χ2n) is 6.89. The largest absolute Gasteiger partial charge is 0.506 e. The molecule has 0 saturated carbocycles. The summed E-state index contributed by atoms with van der Waals surface area (Å²) in [6.07, 6.45) is 5.32. The van der Waals surface area contributed by atoms with Crippen molar-refractivity contribution in [1.29, 1.82) is 0 Å². The Kier molecular flexibility index (Phi) is 7.87. The molecule has 0 atom stereocenters. The molecule has 0 heterocycles. The summed E-state index contributed by atoms with van der Waals surface area (Å²) >= 11 is 0. The first-order chi connectivity index (χ1) is 12.6. The van der Waals surface area contributed by atoms with Crippen molar-refractivity contribution in [1.82, 2.24) is 0 Å². The molecule has 0 radical (unpaired) electrons. The van der Waals surface area contributed by atoms with Crippen molar-refractivity contribution >= 4 is 25.1 Å². The lowest BCUT2D eigenvalue weighted by molar-refractivity contribution is 0.417. The predicted molar refractivity (Wildman–Crippen MR) is 124 cm³/mol. The molecule has 1 nitrogen and oxygen atoms in total. The van der Waals surface area contributed by atoms with Crippen LogP contribution in [0.2, 0.25) is 0 Å². The smallest absolute Gasteiger partial charge is 0.165 e. The second kappa shape index (κ2) is 9.68. The molecule has 140 valence electrons. The first-order valence-corrected chi connectivity index (χ1v) is 14.4. The number of hydrogen-bond acceptors (Lipinski definition) is 1. The van der Waals surface area contributed by atoms with Crippen LogP contribution in [0.1, 0.15) is 27.7 Å². The molecule has 0 unspecified atom stereocenters. The lowest BCUT2D eigenvalue weighted by Crippen LogP contribution is -2.20. The monoisotopic (exact) mass is 388 g/mol. The normalized spacial score (nSPS) is 13.0. The minimum Gasteiger partial charge on any atom is -0.506 e. The molecule has 3 heteroatoms. The molecule has 2 aromatic rings. The predicted octanol–water partition coefficient (Wildman–Crippen LogP) is 6.15. The Bertz CT molecular complexity index is 687. The van der Waals surface area contributed by atoms with Crippen molar-refractivity contribution < 1.29 is 5.11 Å². The van der Waals surface area contributed by atoms with E-state index in [-0.39, 0.29) is 0 Å². The molecule has 0 aliphatic rings. The van der Waals surface area contributed by atoms with Crippen LogP contribution in [0.3, 0.4) is 0 Å². The first kappa shape index (κ1) is 21.1. The molecule has 0 aliphatic carbocycles. The minimum atomic E-state index is -1.46. The van der Waals surface area contributed by atoms with Gasteiger partial charge in [0.15, 0.2) is 5.76 Å². The third-order valence-corrected chi connectivity index (χ3v) is 14.9. The molecule has 1 N–H and O–H groups in total. The molecule has 0 aliphatic heterocycles. The standard InChI is InChI=1S/C23H33OP2/c1-5-25(6-2,22-15-11-9-12-16-22)19-21(24)20-26(7-3,8-4)23-17-13-10-14-18-23/h9-19H,5-8,20H2,1-4H3/q+1/p+1. The maximum absolute atomic E-state index is 11.1. The molecule has 0 aromatic heterocycles.